The molecule has 0 atom stereocenters. The van der Waals surface area contributed by atoms with Crippen LogP contribution in [0.1, 0.15) is 11.3 Å². The van der Waals surface area contributed by atoms with Crippen LogP contribution in [0, 0.1) is 13.8 Å². The van der Waals surface area contributed by atoms with Gasteiger partial charge in [-0.05, 0) is 79.1 Å². The maximum atomic E-state index is 9.87. The molecule has 3 heterocycles. The lowest BCUT2D eigenvalue weighted by atomic mass is 10.0. The highest BCUT2D eigenvalue weighted by atomic mass is 16.5. The second-order valence-corrected chi connectivity index (χ2v) is 7.65. The van der Waals surface area contributed by atoms with Gasteiger partial charge in [0, 0.05) is 23.5 Å². The summed E-state index contributed by atoms with van der Waals surface area (Å²) in [6.07, 6.45) is 3.49. The van der Waals surface area contributed by atoms with Gasteiger partial charge in [0.1, 0.15) is 17.2 Å². The van der Waals surface area contributed by atoms with E-state index in [-0.39, 0.29) is 5.75 Å². The summed E-state index contributed by atoms with van der Waals surface area (Å²) in [7, 11) is 0. The van der Waals surface area contributed by atoms with Crippen LogP contribution in [0.4, 0.5) is 0 Å². The predicted molar refractivity (Wildman–Crippen MR) is 126 cm³/mol. The molecule has 0 radical (unpaired) electrons. The van der Waals surface area contributed by atoms with Crippen molar-refractivity contribution in [2.45, 2.75) is 13.8 Å². The number of rotatable bonds is 4. The quantitative estimate of drug-likeness (QED) is 0.361. The van der Waals surface area contributed by atoms with E-state index >= 15 is 0 Å². The first-order chi connectivity index (χ1) is 15.6. The van der Waals surface area contributed by atoms with E-state index in [0.29, 0.717) is 17.2 Å². The van der Waals surface area contributed by atoms with Crippen LogP contribution in [0.15, 0.2) is 85.2 Å². The van der Waals surface area contributed by atoms with Crippen LogP contribution in [0.3, 0.4) is 0 Å². The number of hydrogen-bond acceptors (Lipinski definition) is 5. The molecule has 0 fully saturated rings. The Labute approximate surface area is 186 Å². The number of ether oxygens (including phenoxy) is 1. The van der Waals surface area contributed by atoms with Gasteiger partial charge in [-0.2, -0.15) is 0 Å². The Kier molecular flexibility index (Phi) is 5.00. The molecule has 156 valence electrons. The normalized spacial score (nSPS) is 10.9. The van der Waals surface area contributed by atoms with Crippen molar-refractivity contribution in [3.8, 4) is 39.8 Å². The van der Waals surface area contributed by atoms with Gasteiger partial charge in [-0.15, -0.1) is 0 Å². The van der Waals surface area contributed by atoms with Crippen LogP contribution < -0.4 is 4.74 Å². The smallest absolute Gasteiger partial charge is 0.155 e. The number of aryl methyl sites for hydroxylation is 2. The molecule has 2 aromatic carbocycles. The summed E-state index contributed by atoms with van der Waals surface area (Å²) in [4.78, 5) is 13.7. The molecular formula is C27H21N3O2. The number of pyridine rings is 3. The zero-order valence-corrected chi connectivity index (χ0v) is 17.8. The van der Waals surface area contributed by atoms with Crippen LogP contribution in [0.5, 0.6) is 17.2 Å². The largest absolute Gasteiger partial charge is 0.508 e. The Morgan fingerprint density at radius 2 is 1.62 bits per heavy atom. The lowest BCUT2D eigenvalue weighted by Gasteiger charge is -2.14. The first kappa shape index (κ1) is 19.7. The highest BCUT2D eigenvalue weighted by Gasteiger charge is 2.15. The SMILES string of the molecule is Cc1cc(Oc2ccnc3ccc(-c4cccc(O)c4)cc23)c(-c2ccccn2)nc1C. The van der Waals surface area contributed by atoms with E-state index in [1.54, 1.807) is 24.5 Å². The average molecular weight is 419 g/mol. The zero-order chi connectivity index (χ0) is 22.1. The number of aromatic hydroxyl groups is 1. The molecule has 3 aromatic heterocycles. The second kappa shape index (κ2) is 8.12. The van der Waals surface area contributed by atoms with Crippen molar-refractivity contribution in [1.29, 1.82) is 0 Å². The van der Waals surface area contributed by atoms with Gasteiger partial charge in [-0.25, -0.2) is 4.98 Å². The minimum absolute atomic E-state index is 0.228. The van der Waals surface area contributed by atoms with E-state index in [1.807, 2.05) is 74.5 Å². The fourth-order valence-electron chi connectivity index (χ4n) is 3.64. The van der Waals surface area contributed by atoms with E-state index in [1.165, 1.54) is 0 Å². The predicted octanol–water partition coefficient (Wildman–Crippen LogP) is 6.47. The third-order valence-electron chi connectivity index (χ3n) is 5.44. The summed E-state index contributed by atoms with van der Waals surface area (Å²) in [5, 5.41) is 10.7. The highest BCUT2D eigenvalue weighted by Crippen LogP contribution is 2.36. The number of fused-ring (bicyclic) bond motifs is 1. The van der Waals surface area contributed by atoms with E-state index in [9.17, 15) is 5.11 Å². The number of benzene rings is 2. The molecule has 0 aliphatic carbocycles. The molecule has 0 spiro atoms. The maximum absolute atomic E-state index is 9.87. The van der Waals surface area contributed by atoms with Crippen LogP contribution in [-0.2, 0) is 0 Å². The van der Waals surface area contributed by atoms with Crippen LogP contribution in [-0.4, -0.2) is 20.1 Å². The molecule has 5 heteroatoms. The van der Waals surface area contributed by atoms with E-state index in [4.69, 9.17) is 9.72 Å². The molecule has 0 unspecified atom stereocenters. The van der Waals surface area contributed by atoms with Crippen molar-refractivity contribution < 1.29 is 9.84 Å². The molecule has 0 aliphatic rings. The monoisotopic (exact) mass is 419 g/mol. The van der Waals surface area contributed by atoms with E-state index < -0.39 is 0 Å². The van der Waals surface area contributed by atoms with Gasteiger partial charge in [0.25, 0.3) is 0 Å². The van der Waals surface area contributed by atoms with Crippen molar-refractivity contribution in [2.24, 2.45) is 0 Å². The van der Waals surface area contributed by atoms with Crippen LogP contribution >= 0.6 is 0 Å². The van der Waals surface area contributed by atoms with Gasteiger partial charge >= 0.3 is 0 Å². The van der Waals surface area contributed by atoms with Crippen molar-refractivity contribution in [3.05, 3.63) is 96.4 Å². The molecule has 0 aliphatic heterocycles. The molecule has 0 saturated heterocycles. The number of hydrogen-bond donors (Lipinski definition) is 1. The Morgan fingerprint density at radius 1 is 0.750 bits per heavy atom. The van der Waals surface area contributed by atoms with Crippen molar-refractivity contribution in [1.82, 2.24) is 15.0 Å². The van der Waals surface area contributed by atoms with Crippen molar-refractivity contribution >= 4 is 10.9 Å². The lowest BCUT2D eigenvalue weighted by molar-refractivity contribution is 0.475. The Hall–Kier alpha value is -4.25. The minimum Gasteiger partial charge on any atom is -0.508 e. The topological polar surface area (TPSA) is 68.1 Å². The molecule has 5 nitrogen and oxygen atoms in total. The van der Waals surface area contributed by atoms with Gasteiger partial charge in [-0.1, -0.05) is 24.3 Å². The summed E-state index contributed by atoms with van der Waals surface area (Å²) < 4.78 is 6.44. The number of aromatic nitrogens is 3. The van der Waals surface area contributed by atoms with Gasteiger partial charge < -0.3 is 9.84 Å². The zero-order valence-electron chi connectivity index (χ0n) is 17.8. The summed E-state index contributed by atoms with van der Waals surface area (Å²) in [5.74, 6) is 1.55. The Morgan fingerprint density at radius 3 is 2.44 bits per heavy atom. The molecule has 0 amide bonds. The first-order valence-electron chi connectivity index (χ1n) is 10.3. The molecular weight excluding hydrogens is 398 g/mol. The second-order valence-electron chi connectivity index (χ2n) is 7.65. The number of phenols is 1. The summed E-state index contributed by atoms with van der Waals surface area (Å²) in [6, 6.07) is 22.8. The van der Waals surface area contributed by atoms with Gasteiger partial charge in [0.15, 0.2) is 5.75 Å². The standard InChI is InChI=1S/C27H21N3O2/c1-17-14-26(27(30-18(17)2)24-8-3-4-12-28-24)32-25-11-13-29-23-10-9-20(16-22(23)25)19-6-5-7-21(31)15-19/h3-16,31H,1-2H3. The molecule has 0 saturated carbocycles. The third kappa shape index (κ3) is 3.76. The van der Waals surface area contributed by atoms with Crippen molar-refractivity contribution in [3.63, 3.8) is 0 Å². The molecule has 1 N–H and O–H groups in total. The van der Waals surface area contributed by atoms with Crippen LogP contribution in [0.25, 0.3) is 33.4 Å². The minimum atomic E-state index is 0.228. The molecule has 32 heavy (non-hydrogen) atoms. The Bertz CT molecular complexity index is 1430. The summed E-state index contributed by atoms with van der Waals surface area (Å²) in [5.41, 5.74) is 6.13. The Balaban J connectivity index is 1.63. The molecule has 5 aromatic rings. The van der Waals surface area contributed by atoms with Gasteiger partial charge in [0.2, 0.25) is 0 Å². The molecule has 5 rings (SSSR count). The van der Waals surface area contributed by atoms with Gasteiger partial charge in [0.05, 0.1) is 11.2 Å². The number of nitrogens with zero attached hydrogens (tertiary/aromatic N) is 3. The third-order valence-corrected chi connectivity index (χ3v) is 5.44. The maximum Gasteiger partial charge on any atom is 0.155 e. The lowest BCUT2D eigenvalue weighted by Crippen LogP contribution is -1.98. The summed E-state index contributed by atoms with van der Waals surface area (Å²) in [6.45, 7) is 4.00. The fourth-order valence-corrected chi connectivity index (χ4v) is 3.64. The fraction of sp³-hybridized carbons (Fsp3) is 0.0741. The van der Waals surface area contributed by atoms with Crippen molar-refractivity contribution in [2.75, 3.05) is 0 Å². The van der Waals surface area contributed by atoms with Crippen LogP contribution in [0.2, 0.25) is 0 Å². The van der Waals surface area contributed by atoms with E-state index in [2.05, 4.69) is 9.97 Å². The van der Waals surface area contributed by atoms with E-state index in [0.717, 1.165) is 39.0 Å². The first-order valence-corrected chi connectivity index (χ1v) is 10.3. The summed E-state index contributed by atoms with van der Waals surface area (Å²) >= 11 is 0. The highest BCUT2D eigenvalue weighted by molar-refractivity contribution is 5.89. The number of phenolic OH excluding ortho intramolecular Hbond substituents is 1. The average Bonchev–Trinajstić information content (AvgIpc) is 2.82. The van der Waals surface area contributed by atoms with Gasteiger partial charge in [-0.3, -0.25) is 9.97 Å². The molecule has 0 bridgehead atoms.